The fraction of sp³-hybridized carbons (Fsp3) is 0.467. The van der Waals surface area contributed by atoms with Crippen LogP contribution >= 0.6 is 0 Å². The van der Waals surface area contributed by atoms with Crippen LogP contribution in [0.1, 0.15) is 25.5 Å². The molecule has 1 heterocycles. The van der Waals surface area contributed by atoms with Gasteiger partial charge in [0.15, 0.2) is 0 Å². The summed E-state index contributed by atoms with van der Waals surface area (Å²) in [6.07, 6.45) is 0. The van der Waals surface area contributed by atoms with Crippen molar-refractivity contribution in [2.75, 3.05) is 19.6 Å². The SMILES string of the molecule is C[C@@H](NC(=O)[C@H](C)N1CCNC(=O)C1)c1ccc(F)cc1. The van der Waals surface area contributed by atoms with Gasteiger partial charge in [-0.05, 0) is 31.5 Å². The number of nitrogens with one attached hydrogen (secondary N) is 2. The van der Waals surface area contributed by atoms with E-state index in [1.807, 2.05) is 11.8 Å². The molecule has 5 nitrogen and oxygen atoms in total. The minimum absolute atomic E-state index is 0.0625. The Balaban J connectivity index is 1.93. The third kappa shape index (κ3) is 4.01. The Kier molecular flexibility index (Phi) is 4.90. The molecule has 0 radical (unpaired) electrons. The van der Waals surface area contributed by atoms with E-state index in [4.69, 9.17) is 0 Å². The number of carbonyl (C=O) groups excluding carboxylic acids is 2. The quantitative estimate of drug-likeness (QED) is 0.864. The topological polar surface area (TPSA) is 61.4 Å². The van der Waals surface area contributed by atoms with Crippen LogP contribution in [0.4, 0.5) is 4.39 Å². The second-order valence-electron chi connectivity index (χ2n) is 5.28. The van der Waals surface area contributed by atoms with E-state index < -0.39 is 0 Å². The lowest BCUT2D eigenvalue weighted by molar-refractivity contribution is -0.130. The molecule has 1 saturated heterocycles. The number of hydrogen-bond donors (Lipinski definition) is 2. The predicted octanol–water partition coefficient (Wildman–Crippen LogP) is 0.823. The van der Waals surface area contributed by atoms with E-state index in [-0.39, 0.29) is 36.3 Å². The average molecular weight is 293 g/mol. The first kappa shape index (κ1) is 15.4. The minimum atomic E-state index is -0.376. The minimum Gasteiger partial charge on any atom is -0.354 e. The van der Waals surface area contributed by atoms with Crippen LogP contribution in [0.5, 0.6) is 0 Å². The Morgan fingerprint density at radius 2 is 2.00 bits per heavy atom. The molecular weight excluding hydrogens is 273 g/mol. The highest BCUT2D eigenvalue weighted by molar-refractivity contribution is 5.84. The van der Waals surface area contributed by atoms with Crippen LogP contribution in [0.3, 0.4) is 0 Å². The van der Waals surface area contributed by atoms with Crippen LogP contribution in [-0.2, 0) is 9.59 Å². The van der Waals surface area contributed by atoms with Gasteiger partial charge in [-0.15, -0.1) is 0 Å². The van der Waals surface area contributed by atoms with Gasteiger partial charge in [0.1, 0.15) is 5.82 Å². The van der Waals surface area contributed by atoms with E-state index in [9.17, 15) is 14.0 Å². The smallest absolute Gasteiger partial charge is 0.237 e. The van der Waals surface area contributed by atoms with E-state index >= 15 is 0 Å². The highest BCUT2D eigenvalue weighted by Gasteiger charge is 2.26. The van der Waals surface area contributed by atoms with Crippen molar-refractivity contribution in [3.8, 4) is 0 Å². The molecule has 0 bridgehead atoms. The van der Waals surface area contributed by atoms with Crippen LogP contribution in [0.25, 0.3) is 0 Å². The lowest BCUT2D eigenvalue weighted by Gasteiger charge is -2.31. The Morgan fingerprint density at radius 1 is 1.33 bits per heavy atom. The van der Waals surface area contributed by atoms with Gasteiger partial charge in [-0.25, -0.2) is 4.39 Å². The summed E-state index contributed by atoms with van der Waals surface area (Å²) in [7, 11) is 0. The van der Waals surface area contributed by atoms with E-state index in [1.54, 1.807) is 19.1 Å². The summed E-state index contributed by atoms with van der Waals surface area (Å²) in [5, 5.41) is 5.62. The van der Waals surface area contributed by atoms with Crippen LogP contribution in [0, 0.1) is 5.82 Å². The zero-order chi connectivity index (χ0) is 15.4. The molecule has 1 aliphatic rings. The van der Waals surface area contributed by atoms with Gasteiger partial charge >= 0.3 is 0 Å². The molecule has 2 atom stereocenters. The molecule has 1 aliphatic heterocycles. The maximum absolute atomic E-state index is 12.9. The molecule has 114 valence electrons. The summed E-state index contributed by atoms with van der Waals surface area (Å²) in [6.45, 7) is 5.08. The Morgan fingerprint density at radius 3 is 2.62 bits per heavy atom. The zero-order valence-corrected chi connectivity index (χ0v) is 12.2. The van der Waals surface area contributed by atoms with Crippen molar-refractivity contribution in [3.05, 3.63) is 35.6 Å². The molecule has 2 rings (SSSR count). The van der Waals surface area contributed by atoms with Gasteiger partial charge in [0.2, 0.25) is 11.8 Å². The van der Waals surface area contributed by atoms with Crippen LogP contribution < -0.4 is 10.6 Å². The van der Waals surface area contributed by atoms with Gasteiger partial charge in [0.25, 0.3) is 0 Å². The van der Waals surface area contributed by atoms with Crippen molar-refractivity contribution in [1.29, 1.82) is 0 Å². The second-order valence-corrected chi connectivity index (χ2v) is 5.28. The van der Waals surface area contributed by atoms with Crippen molar-refractivity contribution in [3.63, 3.8) is 0 Å². The molecule has 0 aromatic heterocycles. The van der Waals surface area contributed by atoms with Crippen LogP contribution in [0.2, 0.25) is 0 Å². The number of rotatable bonds is 4. The molecule has 0 saturated carbocycles. The third-order valence-corrected chi connectivity index (χ3v) is 3.72. The van der Waals surface area contributed by atoms with E-state index in [1.165, 1.54) is 12.1 Å². The van der Waals surface area contributed by atoms with Crippen molar-refractivity contribution >= 4 is 11.8 Å². The van der Waals surface area contributed by atoms with Gasteiger partial charge in [-0.3, -0.25) is 14.5 Å². The summed E-state index contributed by atoms with van der Waals surface area (Å²) < 4.78 is 12.9. The molecule has 2 N–H and O–H groups in total. The van der Waals surface area contributed by atoms with E-state index in [0.29, 0.717) is 13.1 Å². The highest BCUT2D eigenvalue weighted by atomic mass is 19.1. The maximum atomic E-state index is 12.9. The van der Waals surface area contributed by atoms with Gasteiger partial charge < -0.3 is 10.6 Å². The number of hydrogen-bond acceptors (Lipinski definition) is 3. The molecule has 2 amide bonds. The van der Waals surface area contributed by atoms with Gasteiger partial charge in [-0.2, -0.15) is 0 Å². The summed E-state index contributed by atoms with van der Waals surface area (Å²) >= 11 is 0. The molecule has 0 aliphatic carbocycles. The van der Waals surface area contributed by atoms with E-state index in [2.05, 4.69) is 10.6 Å². The first-order valence-corrected chi connectivity index (χ1v) is 7.04. The normalized spacial score (nSPS) is 18.7. The highest BCUT2D eigenvalue weighted by Crippen LogP contribution is 2.13. The van der Waals surface area contributed by atoms with Crippen LogP contribution in [0.15, 0.2) is 24.3 Å². The van der Waals surface area contributed by atoms with Crippen molar-refractivity contribution in [1.82, 2.24) is 15.5 Å². The van der Waals surface area contributed by atoms with E-state index in [0.717, 1.165) is 5.56 Å². The van der Waals surface area contributed by atoms with Crippen molar-refractivity contribution in [2.24, 2.45) is 0 Å². The Hall–Kier alpha value is -1.95. The van der Waals surface area contributed by atoms with Gasteiger partial charge in [0.05, 0.1) is 18.6 Å². The number of halogens is 1. The molecule has 21 heavy (non-hydrogen) atoms. The molecular formula is C15H20FN3O2. The lowest BCUT2D eigenvalue weighted by atomic mass is 10.1. The summed E-state index contributed by atoms with van der Waals surface area (Å²) in [4.78, 5) is 25.4. The number of amides is 2. The van der Waals surface area contributed by atoms with Crippen molar-refractivity contribution in [2.45, 2.75) is 25.9 Å². The number of nitrogens with zero attached hydrogens (tertiary/aromatic N) is 1. The Labute approximate surface area is 123 Å². The number of benzene rings is 1. The standard InChI is InChI=1S/C15H20FN3O2/c1-10(12-3-5-13(16)6-4-12)18-15(21)11(2)19-8-7-17-14(20)9-19/h3-6,10-11H,7-9H2,1-2H3,(H,17,20)(H,18,21)/t10-,11+/m1/s1. The predicted molar refractivity (Wildman–Crippen MR) is 77.0 cm³/mol. The second kappa shape index (κ2) is 6.67. The molecule has 1 aromatic rings. The van der Waals surface area contributed by atoms with Crippen molar-refractivity contribution < 1.29 is 14.0 Å². The largest absolute Gasteiger partial charge is 0.354 e. The van der Waals surface area contributed by atoms with Gasteiger partial charge in [0, 0.05) is 13.1 Å². The summed E-state index contributed by atoms with van der Waals surface area (Å²) in [5.74, 6) is -0.501. The monoisotopic (exact) mass is 293 g/mol. The number of piperazine rings is 1. The summed E-state index contributed by atoms with van der Waals surface area (Å²) in [6, 6.07) is 5.46. The molecule has 0 spiro atoms. The fourth-order valence-electron chi connectivity index (χ4n) is 2.32. The third-order valence-electron chi connectivity index (χ3n) is 3.72. The lowest BCUT2D eigenvalue weighted by Crippen LogP contribution is -2.55. The molecule has 6 heteroatoms. The summed E-state index contributed by atoms with van der Waals surface area (Å²) in [5.41, 5.74) is 0.841. The first-order valence-electron chi connectivity index (χ1n) is 7.04. The zero-order valence-electron chi connectivity index (χ0n) is 12.2. The number of carbonyl (C=O) groups is 2. The molecule has 1 aromatic carbocycles. The van der Waals surface area contributed by atoms with Gasteiger partial charge in [-0.1, -0.05) is 12.1 Å². The van der Waals surface area contributed by atoms with Crippen LogP contribution in [-0.4, -0.2) is 42.4 Å². The maximum Gasteiger partial charge on any atom is 0.237 e. The first-order chi connectivity index (χ1) is 9.97. The Bertz CT molecular complexity index is 518. The average Bonchev–Trinajstić information content (AvgIpc) is 2.47. The molecule has 0 unspecified atom stereocenters. The fourth-order valence-corrected chi connectivity index (χ4v) is 2.32. The molecule has 1 fully saturated rings.